The van der Waals surface area contributed by atoms with Gasteiger partial charge in [0.1, 0.15) is 5.82 Å². The summed E-state index contributed by atoms with van der Waals surface area (Å²) in [6.07, 6.45) is 0. The minimum atomic E-state index is -3.97. The van der Waals surface area contributed by atoms with Crippen LogP contribution in [0.5, 0.6) is 0 Å². The van der Waals surface area contributed by atoms with Gasteiger partial charge >= 0.3 is 0 Å². The van der Waals surface area contributed by atoms with E-state index in [4.69, 9.17) is 0 Å². The second-order valence-electron chi connectivity index (χ2n) is 6.62. The van der Waals surface area contributed by atoms with E-state index < -0.39 is 15.8 Å². The van der Waals surface area contributed by atoms with Gasteiger partial charge in [-0.25, -0.2) is 12.8 Å². The Morgan fingerprint density at radius 2 is 1.57 bits per heavy atom. The number of hydrogen-bond donors (Lipinski definition) is 2. The molecule has 0 aromatic heterocycles. The van der Waals surface area contributed by atoms with Crippen LogP contribution in [0.25, 0.3) is 0 Å². The lowest BCUT2D eigenvalue weighted by Gasteiger charge is -2.19. The molecular formula is C22H22FN3O3S. The predicted octanol–water partition coefficient (Wildman–Crippen LogP) is 3.49. The molecule has 3 aromatic rings. The second-order valence-corrected chi connectivity index (χ2v) is 8.31. The van der Waals surface area contributed by atoms with Crippen LogP contribution in [-0.2, 0) is 10.0 Å². The third-order valence-corrected chi connectivity index (χ3v) is 5.86. The van der Waals surface area contributed by atoms with Crippen molar-refractivity contribution in [2.75, 3.05) is 29.8 Å². The Labute approximate surface area is 175 Å². The monoisotopic (exact) mass is 427 g/mol. The van der Waals surface area contributed by atoms with Gasteiger partial charge in [0.15, 0.2) is 0 Å². The Morgan fingerprint density at radius 1 is 0.933 bits per heavy atom. The number of carbonyl (C=O) groups excluding carboxylic acids is 1. The van der Waals surface area contributed by atoms with E-state index in [-0.39, 0.29) is 16.5 Å². The first-order valence-electron chi connectivity index (χ1n) is 9.28. The summed E-state index contributed by atoms with van der Waals surface area (Å²) in [6.45, 7) is 1.05. The normalized spacial score (nSPS) is 11.0. The molecule has 0 atom stereocenters. The van der Waals surface area contributed by atoms with Crippen LogP contribution in [0.15, 0.2) is 83.8 Å². The van der Waals surface area contributed by atoms with Crippen molar-refractivity contribution in [1.29, 1.82) is 0 Å². The summed E-state index contributed by atoms with van der Waals surface area (Å²) in [5.74, 6) is -0.972. The minimum Gasteiger partial charge on any atom is -0.373 e. The van der Waals surface area contributed by atoms with Crippen LogP contribution in [0, 0.1) is 5.82 Å². The standard InChI is InChI=1S/C22H22FN3O3S/c1-26(18-7-3-2-4-8-18)16-15-24-22(27)17-11-13-19(14-12-17)30(28,29)25-21-10-6-5-9-20(21)23/h2-14,25H,15-16H2,1H3,(H,24,27). The highest BCUT2D eigenvalue weighted by atomic mass is 32.2. The average molecular weight is 428 g/mol. The summed E-state index contributed by atoms with van der Waals surface area (Å²) in [4.78, 5) is 14.3. The van der Waals surface area contributed by atoms with Gasteiger partial charge in [0.25, 0.3) is 15.9 Å². The molecule has 0 saturated carbocycles. The Morgan fingerprint density at radius 3 is 2.23 bits per heavy atom. The number of nitrogens with zero attached hydrogens (tertiary/aromatic N) is 1. The summed E-state index contributed by atoms with van der Waals surface area (Å²) in [5, 5.41) is 2.81. The summed E-state index contributed by atoms with van der Waals surface area (Å²) in [7, 11) is -2.03. The van der Waals surface area contributed by atoms with Crippen molar-refractivity contribution in [3.8, 4) is 0 Å². The van der Waals surface area contributed by atoms with Crippen molar-refractivity contribution in [2.45, 2.75) is 4.90 Å². The van der Waals surface area contributed by atoms with Gasteiger partial charge in [0.2, 0.25) is 0 Å². The summed E-state index contributed by atoms with van der Waals surface area (Å²) < 4.78 is 40.8. The molecule has 0 spiro atoms. The van der Waals surface area contributed by atoms with Crippen LogP contribution >= 0.6 is 0 Å². The number of para-hydroxylation sites is 2. The number of halogens is 1. The number of carbonyl (C=O) groups is 1. The Bertz CT molecular complexity index is 1100. The SMILES string of the molecule is CN(CCNC(=O)c1ccc(S(=O)(=O)Nc2ccccc2F)cc1)c1ccccc1. The molecule has 0 radical (unpaired) electrons. The predicted molar refractivity (Wildman–Crippen MR) is 116 cm³/mol. The molecule has 3 rings (SSSR count). The molecule has 156 valence electrons. The fourth-order valence-corrected chi connectivity index (χ4v) is 3.85. The van der Waals surface area contributed by atoms with Gasteiger partial charge in [0.05, 0.1) is 10.6 Å². The average Bonchev–Trinajstić information content (AvgIpc) is 2.76. The van der Waals surface area contributed by atoms with Crippen molar-refractivity contribution in [3.05, 3.63) is 90.2 Å². The van der Waals surface area contributed by atoms with E-state index >= 15 is 0 Å². The minimum absolute atomic E-state index is 0.0638. The molecule has 0 saturated heterocycles. The lowest BCUT2D eigenvalue weighted by atomic mass is 10.2. The smallest absolute Gasteiger partial charge is 0.261 e. The van der Waals surface area contributed by atoms with Crippen LogP contribution in [0.4, 0.5) is 15.8 Å². The number of amides is 1. The molecule has 0 heterocycles. The van der Waals surface area contributed by atoms with Gasteiger partial charge in [-0.05, 0) is 48.5 Å². The number of nitrogens with one attached hydrogen (secondary N) is 2. The zero-order valence-electron chi connectivity index (χ0n) is 16.4. The summed E-state index contributed by atoms with van der Waals surface area (Å²) in [6, 6.07) is 20.8. The van der Waals surface area contributed by atoms with E-state index in [0.29, 0.717) is 18.7 Å². The maximum atomic E-state index is 13.7. The molecule has 0 aliphatic rings. The number of sulfonamides is 1. The second kappa shape index (κ2) is 9.41. The molecule has 30 heavy (non-hydrogen) atoms. The van der Waals surface area contributed by atoms with Crippen molar-refractivity contribution >= 4 is 27.3 Å². The van der Waals surface area contributed by atoms with E-state index in [2.05, 4.69) is 10.0 Å². The van der Waals surface area contributed by atoms with E-state index in [1.807, 2.05) is 42.3 Å². The van der Waals surface area contributed by atoms with Crippen molar-refractivity contribution in [3.63, 3.8) is 0 Å². The maximum Gasteiger partial charge on any atom is 0.261 e. The van der Waals surface area contributed by atoms with Crippen LogP contribution in [-0.4, -0.2) is 34.5 Å². The van der Waals surface area contributed by atoms with Gasteiger partial charge in [-0.3, -0.25) is 9.52 Å². The highest BCUT2D eigenvalue weighted by Crippen LogP contribution is 2.19. The van der Waals surface area contributed by atoms with Gasteiger partial charge in [-0.1, -0.05) is 30.3 Å². The lowest BCUT2D eigenvalue weighted by molar-refractivity contribution is 0.0954. The van der Waals surface area contributed by atoms with Crippen molar-refractivity contribution < 1.29 is 17.6 Å². The zero-order chi connectivity index (χ0) is 21.6. The molecule has 8 heteroatoms. The van der Waals surface area contributed by atoms with E-state index in [1.165, 1.54) is 48.5 Å². The van der Waals surface area contributed by atoms with Crippen molar-refractivity contribution in [2.24, 2.45) is 0 Å². The summed E-state index contributed by atoms with van der Waals surface area (Å²) in [5.41, 5.74) is 1.24. The van der Waals surface area contributed by atoms with E-state index in [0.717, 1.165) is 5.69 Å². The van der Waals surface area contributed by atoms with Crippen LogP contribution in [0.3, 0.4) is 0 Å². The fraction of sp³-hybridized carbons (Fsp3) is 0.136. The highest BCUT2D eigenvalue weighted by Gasteiger charge is 2.17. The van der Waals surface area contributed by atoms with Crippen LogP contribution in [0.1, 0.15) is 10.4 Å². The van der Waals surface area contributed by atoms with Gasteiger partial charge in [-0.15, -0.1) is 0 Å². The van der Waals surface area contributed by atoms with Gasteiger partial charge in [-0.2, -0.15) is 0 Å². The number of anilines is 2. The van der Waals surface area contributed by atoms with Gasteiger partial charge in [0, 0.05) is 31.4 Å². The Balaban J connectivity index is 1.58. The molecule has 2 N–H and O–H groups in total. The van der Waals surface area contributed by atoms with Gasteiger partial charge < -0.3 is 10.2 Å². The first-order valence-corrected chi connectivity index (χ1v) is 10.8. The largest absolute Gasteiger partial charge is 0.373 e. The maximum absolute atomic E-state index is 13.7. The molecule has 3 aromatic carbocycles. The quantitative estimate of drug-likeness (QED) is 0.577. The number of benzene rings is 3. The van der Waals surface area contributed by atoms with E-state index in [9.17, 15) is 17.6 Å². The lowest BCUT2D eigenvalue weighted by Crippen LogP contribution is -2.33. The topological polar surface area (TPSA) is 78.5 Å². The molecule has 0 fully saturated rings. The molecule has 0 aliphatic heterocycles. The first kappa shape index (κ1) is 21.3. The number of hydrogen-bond acceptors (Lipinski definition) is 4. The Kier molecular flexibility index (Phi) is 6.68. The molecule has 1 amide bonds. The highest BCUT2D eigenvalue weighted by molar-refractivity contribution is 7.92. The molecule has 6 nitrogen and oxygen atoms in total. The zero-order valence-corrected chi connectivity index (χ0v) is 17.2. The molecular weight excluding hydrogens is 405 g/mol. The first-order chi connectivity index (χ1) is 14.4. The van der Waals surface area contributed by atoms with Crippen LogP contribution in [0.2, 0.25) is 0 Å². The summed E-state index contributed by atoms with van der Waals surface area (Å²) >= 11 is 0. The fourth-order valence-electron chi connectivity index (χ4n) is 2.78. The molecule has 0 unspecified atom stereocenters. The third kappa shape index (κ3) is 5.36. The van der Waals surface area contributed by atoms with Crippen LogP contribution < -0.4 is 14.9 Å². The molecule has 0 aliphatic carbocycles. The number of rotatable bonds is 8. The molecule has 0 bridgehead atoms. The number of likely N-dealkylation sites (N-methyl/N-ethyl adjacent to an activating group) is 1. The Hall–Kier alpha value is -3.39. The van der Waals surface area contributed by atoms with Crippen molar-refractivity contribution in [1.82, 2.24) is 5.32 Å². The van der Waals surface area contributed by atoms with E-state index in [1.54, 1.807) is 0 Å². The third-order valence-electron chi connectivity index (χ3n) is 4.47.